The number of nitrogens with one attached hydrogen (secondary N) is 1. The molecule has 1 aliphatic heterocycles. The van der Waals surface area contributed by atoms with Crippen molar-refractivity contribution in [2.24, 2.45) is 5.92 Å². The molecule has 164 valence electrons. The maximum atomic E-state index is 12.9. The molecule has 1 saturated heterocycles. The summed E-state index contributed by atoms with van der Waals surface area (Å²) in [7, 11) is -3.79. The van der Waals surface area contributed by atoms with E-state index in [-0.39, 0.29) is 41.3 Å². The Balaban J connectivity index is 1.34. The van der Waals surface area contributed by atoms with Crippen LogP contribution in [-0.4, -0.2) is 46.5 Å². The van der Waals surface area contributed by atoms with E-state index in [4.69, 9.17) is 0 Å². The van der Waals surface area contributed by atoms with Crippen LogP contribution in [0.4, 0.5) is 5.95 Å². The van der Waals surface area contributed by atoms with Crippen LogP contribution < -0.4 is 5.32 Å². The van der Waals surface area contributed by atoms with Crippen molar-refractivity contribution in [3.05, 3.63) is 72.1 Å². The van der Waals surface area contributed by atoms with Crippen molar-refractivity contribution in [3.63, 3.8) is 0 Å². The first kappa shape index (κ1) is 21.7. The lowest BCUT2D eigenvalue weighted by atomic mass is 9.97. The van der Waals surface area contributed by atoms with Gasteiger partial charge in [0.1, 0.15) is 12.4 Å². The predicted molar refractivity (Wildman–Crippen MR) is 117 cm³/mol. The molecule has 0 unspecified atom stereocenters. The van der Waals surface area contributed by atoms with Crippen molar-refractivity contribution >= 4 is 21.9 Å². The van der Waals surface area contributed by atoms with Gasteiger partial charge in [0, 0.05) is 19.0 Å². The summed E-state index contributed by atoms with van der Waals surface area (Å²) in [5.74, 6) is -0.338. The Hall–Kier alpha value is -3.55. The molecule has 4 rings (SSSR count). The summed E-state index contributed by atoms with van der Waals surface area (Å²) in [5, 5.41) is 16.2. The first-order chi connectivity index (χ1) is 15.5. The minimum Gasteiger partial charge on any atom is -0.293 e. The summed E-state index contributed by atoms with van der Waals surface area (Å²) in [6.07, 6.45) is 2.32. The lowest BCUT2D eigenvalue weighted by molar-refractivity contribution is -0.121. The Morgan fingerprint density at radius 2 is 1.78 bits per heavy atom. The van der Waals surface area contributed by atoms with Gasteiger partial charge in [0.25, 0.3) is 0 Å². The second-order valence-electron chi connectivity index (χ2n) is 7.53. The summed E-state index contributed by atoms with van der Waals surface area (Å²) in [4.78, 5) is 16.8. The summed E-state index contributed by atoms with van der Waals surface area (Å²) in [6.45, 7) is 0.955. The van der Waals surface area contributed by atoms with Gasteiger partial charge in [0.15, 0.2) is 0 Å². The van der Waals surface area contributed by atoms with Crippen LogP contribution in [0.25, 0.3) is 0 Å². The van der Waals surface area contributed by atoms with Crippen LogP contribution in [-0.2, 0) is 21.4 Å². The maximum absolute atomic E-state index is 12.9. The zero-order valence-corrected chi connectivity index (χ0v) is 18.1. The highest BCUT2D eigenvalue weighted by Gasteiger charge is 2.33. The molecule has 1 N–H and O–H groups in total. The molecule has 3 aromatic rings. The molecule has 2 heterocycles. The van der Waals surface area contributed by atoms with Crippen molar-refractivity contribution in [2.75, 3.05) is 18.4 Å². The van der Waals surface area contributed by atoms with Gasteiger partial charge < -0.3 is 0 Å². The number of nitrogens with zero attached hydrogens (tertiary/aromatic N) is 5. The second-order valence-corrected chi connectivity index (χ2v) is 9.43. The van der Waals surface area contributed by atoms with Crippen LogP contribution in [0.5, 0.6) is 0 Å². The number of amides is 1. The summed E-state index contributed by atoms with van der Waals surface area (Å²) >= 11 is 0. The highest BCUT2D eigenvalue weighted by atomic mass is 32.2. The molecule has 0 aliphatic carbocycles. The summed E-state index contributed by atoms with van der Waals surface area (Å²) in [6, 6.07) is 17.9. The largest absolute Gasteiger partial charge is 0.293 e. The van der Waals surface area contributed by atoms with Gasteiger partial charge in [-0.3, -0.25) is 10.1 Å². The third-order valence-corrected chi connectivity index (χ3v) is 7.37. The molecular weight excluding hydrogens is 428 g/mol. The van der Waals surface area contributed by atoms with Gasteiger partial charge in [-0.2, -0.15) is 9.57 Å². The van der Waals surface area contributed by atoms with E-state index in [0.29, 0.717) is 19.4 Å². The number of aromatic nitrogens is 3. The lowest BCUT2D eigenvalue weighted by Crippen LogP contribution is -2.41. The SMILES string of the molecule is N#Cc1ccccc1S(=O)(=O)N1CCC(C(=O)Nc2ncn(Cc3ccccc3)n2)CC1. The van der Waals surface area contributed by atoms with E-state index in [2.05, 4.69) is 15.4 Å². The number of rotatable bonds is 6. The molecule has 2 aromatic carbocycles. The predicted octanol–water partition coefficient (Wildman–Crippen LogP) is 2.24. The van der Waals surface area contributed by atoms with Crippen molar-refractivity contribution in [1.29, 1.82) is 5.26 Å². The smallest absolute Gasteiger partial charge is 0.248 e. The zero-order valence-electron chi connectivity index (χ0n) is 17.3. The zero-order chi connectivity index (χ0) is 22.6. The Morgan fingerprint density at radius 1 is 1.09 bits per heavy atom. The minimum absolute atomic E-state index is 0.00134. The number of hydrogen-bond acceptors (Lipinski definition) is 6. The van der Waals surface area contributed by atoms with Gasteiger partial charge in [-0.15, -0.1) is 5.10 Å². The van der Waals surface area contributed by atoms with Gasteiger partial charge in [-0.25, -0.2) is 18.1 Å². The lowest BCUT2D eigenvalue weighted by Gasteiger charge is -2.30. The number of piperidine rings is 1. The molecule has 1 aromatic heterocycles. The summed E-state index contributed by atoms with van der Waals surface area (Å²) < 4.78 is 28.9. The number of sulfonamides is 1. The first-order valence-electron chi connectivity index (χ1n) is 10.2. The molecule has 0 atom stereocenters. The van der Waals surface area contributed by atoms with E-state index in [1.807, 2.05) is 36.4 Å². The van der Waals surface area contributed by atoms with Crippen LogP contribution >= 0.6 is 0 Å². The average molecular weight is 451 g/mol. The highest BCUT2D eigenvalue weighted by Crippen LogP contribution is 2.26. The van der Waals surface area contributed by atoms with Gasteiger partial charge in [0.05, 0.1) is 17.0 Å². The van der Waals surface area contributed by atoms with Gasteiger partial charge in [-0.1, -0.05) is 42.5 Å². The van der Waals surface area contributed by atoms with Crippen LogP contribution in [0.2, 0.25) is 0 Å². The van der Waals surface area contributed by atoms with Crippen LogP contribution in [0.3, 0.4) is 0 Å². The van der Waals surface area contributed by atoms with Crippen molar-refractivity contribution in [3.8, 4) is 6.07 Å². The molecule has 0 bridgehead atoms. The normalized spacial score (nSPS) is 15.2. The molecule has 0 spiro atoms. The van der Waals surface area contributed by atoms with E-state index < -0.39 is 10.0 Å². The number of hydrogen-bond donors (Lipinski definition) is 1. The number of nitriles is 1. The average Bonchev–Trinajstić information content (AvgIpc) is 3.26. The molecular formula is C22H22N6O3S. The molecule has 1 fully saturated rings. The van der Waals surface area contributed by atoms with Crippen LogP contribution in [0.15, 0.2) is 65.8 Å². The number of anilines is 1. The van der Waals surface area contributed by atoms with Crippen molar-refractivity contribution in [2.45, 2.75) is 24.3 Å². The molecule has 1 aliphatic rings. The topological polar surface area (TPSA) is 121 Å². The van der Waals surface area contributed by atoms with E-state index >= 15 is 0 Å². The fraction of sp³-hybridized carbons (Fsp3) is 0.273. The number of carbonyl (C=O) groups is 1. The third kappa shape index (κ3) is 4.69. The molecule has 0 saturated carbocycles. The fourth-order valence-corrected chi connectivity index (χ4v) is 5.30. The second kappa shape index (κ2) is 9.30. The standard InChI is InChI=1S/C22H22N6O3S/c23-14-19-8-4-5-9-20(19)32(30,31)28-12-10-18(11-13-28)21(29)25-22-24-16-27(26-22)15-17-6-2-1-3-7-17/h1-9,16,18H,10-13,15H2,(H,25,26,29). The highest BCUT2D eigenvalue weighted by molar-refractivity contribution is 7.89. The Morgan fingerprint density at radius 3 is 2.50 bits per heavy atom. The van der Waals surface area contributed by atoms with E-state index in [1.54, 1.807) is 23.1 Å². The quantitative estimate of drug-likeness (QED) is 0.615. The van der Waals surface area contributed by atoms with E-state index in [0.717, 1.165) is 5.56 Å². The Bertz CT molecular complexity index is 1240. The maximum Gasteiger partial charge on any atom is 0.248 e. The summed E-state index contributed by atoms with van der Waals surface area (Å²) in [5.41, 5.74) is 1.19. The molecule has 9 nitrogen and oxygen atoms in total. The molecule has 0 radical (unpaired) electrons. The first-order valence-corrected chi connectivity index (χ1v) is 11.6. The van der Waals surface area contributed by atoms with Gasteiger partial charge >= 0.3 is 0 Å². The van der Waals surface area contributed by atoms with Crippen LogP contribution in [0, 0.1) is 17.2 Å². The minimum atomic E-state index is -3.79. The fourth-order valence-electron chi connectivity index (χ4n) is 3.69. The van der Waals surface area contributed by atoms with E-state index in [1.165, 1.54) is 16.4 Å². The van der Waals surface area contributed by atoms with E-state index in [9.17, 15) is 18.5 Å². The third-order valence-electron chi connectivity index (χ3n) is 5.41. The Labute approximate surface area is 186 Å². The molecule has 1 amide bonds. The van der Waals surface area contributed by atoms with Crippen molar-refractivity contribution < 1.29 is 13.2 Å². The van der Waals surface area contributed by atoms with Crippen molar-refractivity contribution in [1.82, 2.24) is 19.1 Å². The monoisotopic (exact) mass is 450 g/mol. The Kier molecular flexibility index (Phi) is 6.30. The molecule has 10 heteroatoms. The number of carbonyl (C=O) groups excluding carboxylic acids is 1. The van der Waals surface area contributed by atoms with Gasteiger partial charge in [0.2, 0.25) is 21.9 Å². The number of benzene rings is 2. The molecule has 32 heavy (non-hydrogen) atoms. The van der Waals surface area contributed by atoms with Gasteiger partial charge in [-0.05, 0) is 30.5 Å². The van der Waals surface area contributed by atoms with Crippen LogP contribution in [0.1, 0.15) is 24.0 Å².